The van der Waals surface area contributed by atoms with E-state index in [9.17, 15) is 0 Å². The van der Waals surface area contributed by atoms with Crippen molar-refractivity contribution in [1.82, 2.24) is 10.3 Å². The molecule has 0 aliphatic carbocycles. The van der Waals surface area contributed by atoms with Crippen molar-refractivity contribution in [2.45, 2.75) is 32.9 Å². The monoisotopic (exact) mass is 228 g/mol. The molecule has 1 unspecified atom stereocenters. The summed E-state index contributed by atoms with van der Waals surface area (Å²) in [6, 6.07) is 1.88. The summed E-state index contributed by atoms with van der Waals surface area (Å²) in [6.07, 6.45) is 2.86. The lowest BCUT2D eigenvalue weighted by atomic mass is 10.3. The second-order valence-corrected chi connectivity index (χ2v) is 3.90. The van der Waals surface area contributed by atoms with Crippen molar-refractivity contribution >= 4 is 11.6 Å². The summed E-state index contributed by atoms with van der Waals surface area (Å²) in [5, 5.41) is 3.62. The Labute approximate surface area is 95.8 Å². The lowest BCUT2D eigenvalue weighted by Crippen LogP contribution is -2.12. The molecule has 0 spiro atoms. The van der Waals surface area contributed by atoms with Crippen molar-refractivity contribution in [2.24, 2.45) is 0 Å². The van der Waals surface area contributed by atoms with Gasteiger partial charge in [0.1, 0.15) is 5.02 Å². The SMILES string of the molecule is CCC(C)Oc1ncc(CNC)cc1Cl. The molecule has 1 aromatic rings. The summed E-state index contributed by atoms with van der Waals surface area (Å²) < 4.78 is 5.56. The largest absolute Gasteiger partial charge is 0.474 e. The molecule has 0 aromatic carbocycles. The van der Waals surface area contributed by atoms with E-state index in [0.29, 0.717) is 10.9 Å². The normalized spacial score (nSPS) is 12.5. The Kier molecular flexibility index (Phi) is 4.85. The van der Waals surface area contributed by atoms with Gasteiger partial charge < -0.3 is 10.1 Å². The Morgan fingerprint density at radius 3 is 2.87 bits per heavy atom. The van der Waals surface area contributed by atoms with Crippen LogP contribution in [0.15, 0.2) is 12.3 Å². The van der Waals surface area contributed by atoms with Crippen molar-refractivity contribution < 1.29 is 4.74 Å². The summed E-state index contributed by atoms with van der Waals surface area (Å²) in [5.41, 5.74) is 1.05. The molecule has 1 heterocycles. The second kappa shape index (κ2) is 5.93. The van der Waals surface area contributed by atoms with Crippen LogP contribution in [0.1, 0.15) is 25.8 Å². The van der Waals surface area contributed by atoms with Gasteiger partial charge in [-0.2, -0.15) is 0 Å². The predicted molar refractivity (Wildman–Crippen MR) is 62.4 cm³/mol. The van der Waals surface area contributed by atoms with Gasteiger partial charge in [-0.1, -0.05) is 18.5 Å². The molecule has 1 aromatic heterocycles. The molecular weight excluding hydrogens is 212 g/mol. The third kappa shape index (κ3) is 3.68. The van der Waals surface area contributed by atoms with Gasteiger partial charge in [0.25, 0.3) is 0 Å². The maximum atomic E-state index is 6.05. The maximum Gasteiger partial charge on any atom is 0.232 e. The Morgan fingerprint density at radius 2 is 2.33 bits per heavy atom. The van der Waals surface area contributed by atoms with Gasteiger partial charge in [0.05, 0.1) is 6.10 Å². The van der Waals surface area contributed by atoms with Crippen LogP contribution in [-0.4, -0.2) is 18.1 Å². The number of ether oxygens (including phenoxy) is 1. The van der Waals surface area contributed by atoms with E-state index in [4.69, 9.17) is 16.3 Å². The van der Waals surface area contributed by atoms with Crippen LogP contribution in [0.25, 0.3) is 0 Å². The zero-order valence-corrected chi connectivity index (χ0v) is 10.1. The molecule has 1 N–H and O–H groups in total. The molecule has 3 nitrogen and oxygen atoms in total. The highest BCUT2D eigenvalue weighted by atomic mass is 35.5. The number of pyridine rings is 1. The second-order valence-electron chi connectivity index (χ2n) is 3.50. The van der Waals surface area contributed by atoms with Crippen LogP contribution in [0.3, 0.4) is 0 Å². The minimum atomic E-state index is 0.144. The molecule has 0 aliphatic heterocycles. The highest BCUT2D eigenvalue weighted by Gasteiger charge is 2.07. The average Bonchev–Trinajstić information content (AvgIpc) is 2.22. The highest BCUT2D eigenvalue weighted by Crippen LogP contribution is 2.23. The van der Waals surface area contributed by atoms with Gasteiger partial charge in [-0.15, -0.1) is 0 Å². The zero-order valence-electron chi connectivity index (χ0n) is 9.38. The topological polar surface area (TPSA) is 34.1 Å². The van der Waals surface area contributed by atoms with Crippen LogP contribution in [-0.2, 0) is 6.54 Å². The van der Waals surface area contributed by atoms with Crippen LogP contribution in [0.4, 0.5) is 0 Å². The molecular formula is C11H17ClN2O. The molecule has 0 radical (unpaired) electrons. The standard InChI is InChI=1S/C11H17ClN2O/c1-4-8(2)15-11-10(12)5-9(6-13-3)7-14-11/h5,7-8,13H,4,6H2,1-3H3. The minimum Gasteiger partial charge on any atom is -0.474 e. The van der Waals surface area contributed by atoms with Crippen molar-refractivity contribution in [1.29, 1.82) is 0 Å². The van der Waals surface area contributed by atoms with E-state index in [-0.39, 0.29) is 6.10 Å². The Morgan fingerprint density at radius 1 is 1.60 bits per heavy atom. The molecule has 1 rings (SSSR count). The van der Waals surface area contributed by atoms with Crippen molar-refractivity contribution in [3.05, 3.63) is 22.8 Å². The summed E-state index contributed by atoms with van der Waals surface area (Å²) in [7, 11) is 1.89. The molecule has 0 saturated carbocycles. The van der Waals surface area contributed by atoms with Crippen LogP contribution < -0.4 is 10.1 Å². The minimum absolute atomic E-state index is 0.144. The molecule has 0 bridgehead atoms. The Balaban J connectivity index is 2.74. The quantitative estimate of drug-likeness (QED) is 0.842. The number of halogens is 1. The Bertz CT molecular complexity index is 317. The number of nitrogens with zero attached hydrogens (tertiary/aromatic N) is 1. The molecule has 0 fully saturated rings. The smallest absolute Gasteiger partial charge is 0.232 e. The number of nitrogens with one attached hydrogen (secondary N) is 1. The van der Waals surface area contributed by atoms with Crippen molar-refractivity contribution in [2.75, 3.05) is 7.05 Å². The maximum absolute atomic E-state index is 6.05. The third-order valence-corrected chi connectivity index (χ3v) is 2.40. The fourth-order valence-electron chi connectivity index (χ4n) is 1.13. The number of hydrogen-bond donors (Lipinski definition) is 1. The van der Waals surface area contributed by atoms with Gasteiger partial charge in [-0.3, -0.25) is 0 Å². The van der Waals surface area contributed by atoms with Gasteiger partial charge in [0.15, 0.2) is 0 Å². The van der Waals surface area contributed by atoms with E-state index >= 15 is 0 Å². The lowest BCUT2D eigenvalue weighted by molar-refractivity contribution is 0.208. The first-order chi connectivity index (χ1) is 7.17. The first kappa shape index (κ1) is 12.3. The van der Waals surface area contributed by atoms with Gasteiger partial charge in [0.2, 0.25) is 5.88 Å². The van der Waals surface area contributed by atoms with E-state index in [1.54, 1.807) is 6.20 Å². The molecule has 0 saturated heterocycles. The summed E-state index contributed by atoms with van der Waals surface area (Å²) in [5.74, 6) is 0.519. The molecule has 0 amide bonds. The lowest BCUT2D eigenvalue weighted by Gasteiger charge is -2.13. The molecule has 0 aliphatic rings. The first-order valence-corrected chi connectivity index (χ1v) is 5.50. The van der Waals surface area contributed by atoms with E-state index in [1.807, 2.05) is 20.0 Å². The number of rotatable bonds is 5. The zero-order chi connectivity index (χ0) is 11.3. The van der Waals surface area contributed by atoms with Crippen LogP contribution in [0.5, 0.6) is 5.88 Å². The fourth-order valence-corrected chi connectivity index (χ4v) is 1.36. The number of aromatic nitrogens is 1. The highest BCUT2D eigenvalue weighted by molar-refractivity contribution is 6.31. The summed E-state index contributed by atoms with van der Waals surface area (Å²) in [6.45, 7) is 4.82. The van der Waals surface area contributed by atoms with Crippen molar-refractivity contribution in [3.8, 4) is 5.88 Å². The van der Waals surface area contributed by atoms with Crippen LogP contribution in [0, 0.1) is 0 Å². The van der Waals surface area contributed by atoms with E-state index < -0.39 is 0 Å². The van der Waals surface area contributed by atoms with Gasteiger partial charge in [-0.25, -0.2) is 4.98 Å². The van der Waals surface area contributed by atoms with Crippen molar-refractivity contribution in [3.63, 3.8) is 0 Å². The molecule has 4 heteroatoms. The molecule has 84 valence electrons. The molecule has 15 heavy (non-hydrogen) atoms. The van der Waals surface area contributed by atoms with Gasteiger partial charge >= 0.3 is 0 Å². The van der Waals surface area contributed by atoms with E-state index in [0.717, 1.165) is 18.5 Å². The van der Waals surface area contributed by atoms with Crippen LogP contribution in [0.2, 0.25) is 5.02 Å². The Hall–Kier alpha value is -0.800. The third-order valence-electron chi connectivity index (χ3n) is 2.13. The van der Waals surface area contributed by atoms with E-state index in [1.165, 1.54) is 0 Å². The van der Waals surface area contributed by atoms with E-state index in [2.05, 4.69) is 17.2 Å². The fraction of sp³-hybridized carbons (Fsp3) is 0.545. The van der Waals surface area contributed by atoms with Gasteiger partial charge in [0, 0.05) is 12.7 Å². The number of hydrogen-bond acceptors (Lipinski definition) is 3. The predicted octanol–water partition coefficient (Wildman–Crippen LogP) is 2.63. The first-order valence-electron chi connectivity index (χ1n) is 5.13. The molecule has 1 atom stereocenters. The average molecular weight is 229 g/mol. The summed E-state index contributed by atoms with van der Waals surface area (Å²) in [4.78, 5) is 4.19. The van der Waals surface area contributed by atoms with Crippen LogP contribution >= 0.6 is 11.6 Å². The summed E-state index contributed by atoms with van der Waals surface area (Å²) >= 11 is 6.05. The van der Waals surface area contributed by atoms with Gasteiger partial charge in [-0.05, 0) is 32.0 Å².